The Labute approximate surface area is 185 Å². The summed E-state index contributed by atoms with van der Waals surface area (Å²) in [6.45, 7) is 2.15. The Kier molecular flexibility index (Phi) is 6.41. The molecule has 0 saturated heterocycles. The number of methoxy groups -OCH3 is 1. The lowest BCUT2D eigenvalue weighted by atomic mass is 10.2. The number of amides is 1. The standard InChI is InChI=1S/C19H18N6O2S3/c1-13(26)25(16-7-3-4-8-17(16)27-2)18-20-14(11-29-18)12-30-19-21-22-23-24(19)10-15-6-5-9-28-15/h3-9,11H,10,12H2,1-2H3. The minimum atomic E-state index is -0.132. The van der Waals surface area contributed by atoms with Gasteiger partial charge < -0.3 is 4.74 Å². The normalized spacial score (nSPS) is 10.9. The van der Waals surface area contributed by atoms with Gasteiger partial charge in [0.25, 0.3) is 0 Å². The van der Waals surface area contributed by atoms with Gasteiger partial charge in [-0.05, 0) is 34.0 Å². The lowest BCUT2D eigenvalue weighted by Crippen LogP contribution is -2.23. The first-order valence-electron chi connectivity index (χ1n) is 8.95. The first kappa shape index (κ1) is 20.5. The Bertz CT molecular complexity index is 1120. The fourth-order valence-corrected chi connectivity index (χ4v) is 5.22. The molecule has 0 fully saturated rings. The molecule has 4 rings (SSSR count). The molecule has 0 atom stereocenters. The highest BCUT2D eigenvalue weighted by molar-refractivity contribution is 7.98. The number of hydrogen-bond acceptors (Lipinski definition) is 9. The van der Waals surface area contributed by atoms with Gasteiger partial charge >= 0.3 is 0 Å². The topological polar surface area (TPSA) is 86.0 Å². The molecular weight excluding hydrogens is 440 g/mol. The van der Waals surface area contributed by atoms with Gasteiger partial charge in [-0.2, -0.15) is 0 Å². The number of rotatable bonds is 8. The van der Waals surface area contributed by atoms with Crippen molar-refractivity contribution in [3.63, 3.8) is 0 Å². The van der Waals surface area contributed by atoms with E-state index in [-0.39, 0.29) is 5.91 Å². The van der Waals surface area contributed by atoms with E-state index in [0.29, 0.717) is 28.9 Å². The smallest absolute Gasteiger partial charge is 0.230 e. The van der Waals surface area contributed by atoms with E-state index >= 15 is 0 Å². The zero-order chi connectivity index (χ0) is 20.9. The van der Waals surface area contributed by atoms with Crippen LogP contribution in [0.15, 0.2) is 52.3 Å². The number of para-hydroxylation sites is 2. The zero-order valence-corrected chi connectivity index (χ0v) is 18.7. The molecule has 1 aromatic carbocycles. The molecule has 30 heavy (non-hydrogen) atoms. The van der Waals surface area contributed by atoms with Crippen LogP contribution in [0.25, 0.3) is 0 Å². The van der Waals surface area contributed by atoms with Crippen LogP contribution in [0.2, 0.25) is 0 Å². The SMILES string of the molecule is COc1ccccc1N(C(C)=O)c1nc(CSc2nnnn2Cc2cccs2)cs1. The molecule has 8 nitrogen and oxygen atoms in total. The van der Waals surface area contributed by atoms with Crippen molar-refractivity contribution >= 4 is 51.2 Å². The molecule has 0 saturated carbocycles. The van der Waals surface area contributed by atoms with Crippen molar-refractivity contribution in [2.45, 2.75) is 24.4 Å². The number of carbonyl (C=O) groups is 1. The summed E-state index contributed by atoms with van der Waals surface area (Å²) in [6.07, 6.45) is 0. The quantitative estimate of drug-likeness (QED) is 0.365. The summed E-state index contributed by atoms with van der Waals surface area (Å²) >= 11 is 4.60. The van der Waals surface area contributed by atoms with Crippen LogP contribution in [0.1, 0.15) is 17.5 Å². The number of ether oxygens (including phenoxy) is 1. The highest BCUT2D eigenvalue weighted by Crippen LogP contribution is 2.36. The van der Waals surface area contributed by atoms with Crippen molar-refractivity contribution in [2.75, 3.05) is 12.0 Å². The summed E-state index contributed by atoms with van der Waals surface area (Å²) in [5.41, 5.74) is 1.52. The molecule has 0 aliphatic heterocycles. The fourth-order valence-electron chi connectivity index (χ4n) is 2.77. The summed E-state index contributed by atoms with van der Waals surface area (Å²) in [7, 11) is 1.58. The maximum absolute atomic E-state index is 12.4. The van der Waals surface area contributed by atoms with Crippen LogP contribution in [0.3, 0.4) is 0 Å². The second-order valence-electron chi connectivity index (χ2n) is 6.13. The maximum atomic E-state index is 12.4. The molecule has 0 N–H and O–H groups in total. The van der Waals surface area contributed by atoms with Gasteiger partial charge in [0.15, 0.2) is 5.13 Å². The summed E-state index contributed by atoms with van der Waals surface area (Å²) in [5.74, 6) is 1.08. The van der Waals surface area contributed by atoms with Crippen LogP contribution < -0.4 is 9.64 Å². The second-order valence-corrected chi connectivity index (χ2v) is 8.95. The van der Waals surface area contributed by atoms with Crippen LogP contribution in [-0.4, -0.2) is 38.2 Å². The third-order valence-electron chi connectivity index (χ3n) is 4.11. The largest absolute Gasteiger partial charge is 0.495 e. The Balaban J connectivity index is 1.49. The average Bonchev–Trinajstić information content (AvgIpc) is 3.50. The predicted octanol–water partition coefficient (Wildman–Crippen LogP) is 4.22. The van der Waals surface area contributed by atoms with Crippen molar-refractivity contribution < 1.29 is 9.53 Å². The van der Waals surface area contributed by atoms with Gasteiger partial charge in [-0.15, -0.1) is 27.8 Å². The molecule has 154 valence electrons. The Morgan fingerprint density at radius 1 is 1.23 bits per heavy atom. The van der Waals surface area contributed by atoms with Crippen molar-refractivity contribution in [2.24, 2.45) is 0 Å². The van der Waals surface area contributed by atoms with Crippen LogP contribution in [0, 0.1) is 0 Å². The Morgan fingerprint density at radius 2 is 2.10 bits per heavy atom. The van der Waals surface area contributed by atoms with Crippen molar-refractivity contribution in [3.05, 3.63) is 57.7 Å². The first-order valence-corrected chi connectivity index (χ1v) is 11.7. The average molecular weight is 459 g/mol. The Morgan fingerprint density at radius 3 is 2.87 bits per heavy atom. The number of aromatic nitrogens is 5. The van der Waals surface area contributed by atoms with Crippen molar-refractivity contribution in [3.8, 4) is 5.75 Å². The Hall–Kier alpha value is -2.76. The molecule has 0 aliphatic carbocycles. The summed E-state index contributed by atoms with van der Waals surface area (Å²) in [4.78, 5) is 19.8. The molecule has 1 amide bonds. The second kappa shape index (κ2) is 9.37. The number of hydrogen-bond donors (Lipinski definition) is 0. The van der Waals surface area contributed by atoms with Gasteiger partial charge in [0.2, 0.25) is 11.1 Å². The molecule has 0 aliphatic rings. The van der Waals surface area contributed by atoms with Gasteiger partial charge in [-0.3, -0.25) is 9.69 Å². The van der Waals surface area contributed by atoms with E-state index in [1.165, 1.54) is 34.9 Å². The number of thiazole rings is 1. The third kappa shape index (κ3) is 4.53. The van der Waals surface area contributed by atoms with E-state index in [1.54, 1.807) is 28.0 Å². The number of carbonyl (C=O) groups excluding carboxylic acids is 1. The minimum absolute atomic E-state index is 0.132. The number of tetrazole rings is 1. The van der Waals surface area contributed by atoms with E-state index in [4.69, 9.17) is 4.74 Å². The molecule has 0 unspecified atom stereocenters. The summed E-state index contributed by atoms with van der Waals surface area (Å²) < 4.78 is 7.19. The van der Waals surface area contributed by atoms with E-state index in [1.807, 2.05) is 41.1 Å². The van der Waals surface area contributed by atoms with Crippen LogP contribution in [0.4, 0.5) is 10.8 Å². The van der Waals surface area contributed by atoms with Crippen LogP contribution in [-0.2, 0) is 17.1 Å². The highest BCUT2D eigenvalue weighted by Gasteiger charge is 2.21. The minimum Gasteiger partial charge on any atom is -0.495 e. The molecule has 0 bridgehead atoms. The molecule has 0 radical (unpaired) electrons. The maximum Gasteiger partial charge on any atom is 0.230 e. The van der Waals surface area contributed by atoms with E-state index in [2.05, 4.69) is 26.6 Å². The molecule has 0 spiro atoms. The molecule has 3 aromatic heterocycles. The van der Waals surface area contributed by atoms with Crippen LogP contribution in [0.5, 0.6) is 5.75 Å². The van der Waals surface area contributed by atoms with Gasteiger partial charge in [-0.25, -0.2) is 9.67 Å². The number of anilines is 2. The van der Waals surface area contributed by atoms with Crippen molar-refractivity contribution in [1.29, 1.82) is 0 Å². The highest BCUT2D eigenvalue weighted by atomic mass is 32.2. The van der Waals surface area contributed by atoms with Gasteiger partial charge in [0, 0.05) is 22.9 Å². The van der Waals surface area contributed by atoms with Gasteiger partial charge in [-0.1, -0.05) is 30.0 Å². The molecular formula is C19H18N6O2S3. The number of thioether (sulfide) groups is 1. The number of thiophene rings is 1. The third-order valence-corrected chi connectivity index (χ3v) is 6.83. The fraction of sp³-hybridized carbons (Fsp3) is 0.211. The predicted molar refractivity (Wildman–Crippen MR) is 119 cm³/mol. The first-order chi connectivity index (χ1) is 14.7. The van der Waals surface area contributed by atoms with Crippen LogP contribution >= 0.6 is 34.4 Å². The number of nitrogens with zero attached hydrogens (tertiary/aromatic N) is 6. The monoisotopic (exact) mass is 458 g/mol. The van der Waals surface area contributed by atoms with Gasteiger partial charge in [0.05, 0.1) is 25.0 Å². The number of benzene rings is 1. The molecule has 4 aromatic rings. The summed E-state index contributed by atoms with van der Waals surface area (Å²) in [6, 6.07) is 11.5. The lowest BCUT2D eigenvalue weighted by Gasteiger charge is -2.20. The molecule has 3 heterocycles. The van der Waals surface area contributed by atoms with Crippen molar-refractivity contribution in [1.82, 2.24) is 25.2 Å². The molecule has 11 heteroatoms. The summed E-state index contributed by atoms with van der Waals surface area (Å²) in [5, 5.41) is 17.3. The zero-order valence-electron chi connectivity index (χ0n) is 16.3. The lowest BCUT2D eigenvalue weighted by molar-refractivity contribution is -0.115. The van der Waals surface area contributed by atoms with E-state index in [9.17, 15) is 4.79 Å². The van der Waals surface area contributed by atoms with E-state index < -0.39 is 0 Å². The van der Waals surface area contributed by atoms with E-state index in [0.717, 1.165) is 10.9 Å². The van der Waals surface area contributed by atoms with Gasteiger partial charge in [0.1, 0.15) is 5.75 Å².